The molecule has 0 aromatic rings. The number of hydrogen-bond acceptors (Lipinski definition) is 5. The molecule has 0 saturated heterocycles. The van der Waals surface area contributed by atoms with E-state index in [0.29, 0.717) is 13.0 Å². The Morgan fingerprint density at radius 3 is 2.05 bits per heavy atom. The second-order valence-electron chi connectivity index (χ2n) is 4.97. The van der Waals surface area contributed by atoms with Crippen molar-refractivity contribution in [2.24, 2.45) is 0 Å². The minimum absolute atomic E-state index is 0.240. The van der Waals surface area contributed by atoms with Crippen LogP contribution in [0.2, 0.25) is 0 Å². The van der Waals surface area contributed by atoms with Gasteiger partial charge in [-0.15, -0.1) is 0 Å². The first-order chi connectivity index (χ1) is 9.81. The van der Waals surface area contributed by atoms with Gasteiger partial charge in [0.15, 0.2) is 0 Å². The lowest BCUT2D eigenvalue weighted by Gasteiger charge is -2.05. The van der Waals surface area contributed by atoms with Crippen LogP contribution in [0.4, 0.5) is 0 Å². The van der Waals surface area contributed by atoms with E-state index in [-0.39, 0.29) is 5.78 Å². The normalized spacial score (nSPS) is 11.3. The molecule has 0 radical (unpaired) electrons. The van der Waals surface area contributed by atoms with Crippen molar-refractivity contribution in [2.75, 3.05) is 13.2 Å². The third-order valence-electron chi connectivity index (χ3n) is 2.87. The zero-order chi connectivity index (χ0) is 16.1. The summed E-state index contributed by atoms with van der Waals surface area (Å²) in [5.41, 5.74) is 0. The molecule has 0 aromatic carbocycles. The van der Waals surface area contributed by atoms with E-state index in [9.17, 15) is 18.0 Å². The van der Waals surface area contributed by atoms with Crippen LogP contribution in [0.5, 0.6) is 0 Å². The maximum absolute atomic E-state index is 11.1. The molecule has 0 aliphatic carbocycles. The van der Waals surface area contributed by atoms with Gasteiger partial charge in [0.05, 0.1) is 0 Å². The average molecular weight is 323 g/mol. The Balaban J connectivity index is 3.29. The molecule has 0 saturated carbocycles. The van der Waals surface area contributed by atoms with Gasteiger partial charge in [-0.3, -0.25) is 9.35 Å². The summed E-state index contributed by atoms with van der Waals surface area (Å²) in [6.07, 6.45) is 7.77. The highest BCUT2D eigenvalue weighted by atomic mass is 32.3. The van der Waals surface area contributed by atoms with Gasteiger partial charge in [-0.25, -0.2) is 4.18 Å². The van der Waals surface area contributed by atoms with Gasteiger partial charge in [-0.05, 0) is 19.8 Å². The predicted octanol–water partition coefficient (Wildman–Crippen LogP) is 1.63. The standard InChI is InChI=1S/C13H25NO6S/c1-12(15)9-7-5-3-2-4-6-8-10-14-13(16)11-20-21(17,18)19/h2-11H2,1H3,(H,14,16)(H,17,18,19). The van der Waals surface area contributed by atoms with E-state index >= 15 is 0 Å². The number of carbonyl (C=O) groups excluding carboxylic acids is 2. The summed E-state index contributed by atoms with van der Waals surface area (Å²) in [5.74, 6) is -0.333. The van der Waals surface area contributed by atoms with Crippen LogP contribution in [-0.2, 0) is 24.2 Å². The highest BCUT2D eigenvalue weighted by molar-refractivity contribution is 7.80. The Kier molecular flexibility index (Phi) is 11.1. The molecule has 2 N–H and O–H groups in total. The van der Waals surface area contributed by atoms with E-state index in [4.69, 9.17) is 4.55 Å². The van der Waals surface area contributed by atoms with Crippen LogP contribution in [-0.4, -0.2) is 37.8 Å². The number of ketones is 1. The Hall–Kier alpha value is -0.990. The minimum Gasteiger partial charge on any atom is -0.354 e. The molecular weight excluding hydrogens is 298 g/mol. The van der Waals surface area contributed by atoms with Crippen molar-refractivity contribution in [3.8, 4) is 0 Å². The fourth-order valence-corrected chi connectivity index (χ4v) is 2.05. The molecule has 0 heterocycles. The molecule has 0 fully saturated rings. The SMILES string of the molecule is CC(=O)CCCCCCCCCNC(=O)COS(=O)(=O)O. The van der Waals surface area contributed by atoms with Crippen molar-refractivity contribution in [1.82, 2.24) is 5.32 Å². The van der Waals surface area contributed by atoms with Crippen LogP contribution >= 0.6 is 0 Å². The summed E-state index contributed by atoms with van der Waals surface area (Å²) in [6, 6.07) is 0. The molecule has 0 bridgehead atoms. The van der Waals surface area contributed by atoms with Crippen LogP contribution in [0.1, 0.15) is 58.3 Å². The van der Waals surface area contributed by atoms with Crippen LogP contribution in [0.15, 0.2) is 0 Å². The molecule has 7 nitrogen and oxygen atoms in total. The molecule has 1 amide bonds. The van der Waals surface area contributed by atoms with E-state index in [1.54, 1.807) is 6.92 Å². The van der Waals surface area contributed by atoms with E-state index in [1.165, 1.54) is 0 Å². The molecule has 0 aliphatic rings. The van der Waals surface area contributed by atoms with Crippen LogP contribution < -0.4 is 5.32 Å². The van der Waals surface area contributed by atoms with Crippen molar-refractivity contribution in [3.05, 3.63) is 0 Å². The Bertz CT molecular complexity index is 407. The fraction of sp³-hybridized carbons (Fsp3) is 0.846. The van der Waals surface area contributed by atoms with E-state index in [2.05, 4.69) is 9.50 Å². The van der Waals surface area contributed by atoms with E-state index in [0.717, 1.165) is 44.9 Å². The summed E-state index contributed by atoms with van der Waals surface area (Å²) in [6.45, 7) is 1.36. The minimum atomic E-state index is -4.56. The molecule has 0 spiro atoms. The van der Waals surface area contributed by atoms with E-state index in [1.807, 2.05) is 0 Å². The lowest BCUT2D eigenvalue weighted by Crippen LogP contribution is -2.29. The number of rotatable bonds is 13. The first-order valence-corrected chi connectivity index (χ1v) is 8.56. The largest absolute Gasteiger partial charge is 0.397 e. The number of hydrogen-bond donors (Lipinski definition) is 2. The lowest BCUT2D eigenvalue weighted by molar-refractivity contribution is -0.123. The van der Waals surface area contributed by atoms with Gasteiger partial charge in [0, 0.05) is 13.0 Å². The summed E-state index contributed by atoms with van der Waals surface area (Å²) >= 11 is 0. The van der Waals surface area contributed by atoms with Crippen molar-refractivity contribution in [1.29, 1.82) is 0 Å². The van der Waals surface area contributed by atoms with Crippen molar-refractivity contribution >= 4 is 22.1 Å². The number of carbonyl (C=O) groups is 2. The summed E-state index contributed by atoms with van der Waals surface area (Å²) in [4.78, 5) is 21.8. The summed E-state index contributed by atoms with van der Waals surface area (Å²) in [5, 5.41) is 2.50. The second-order valence-corrected chi connectivity index (χ2v) is 6.06. The molecule has 0 aromatic heterocycles. The molecule has 0 aliphatic heterocycles. The van der Waals surface area contributed by atoms with Gasteiger partial charge < -0.3 is 10.1 Å². The second kappa shape index (κ2) is 11.6. The zero-order valence-electron chi connectivity index (χ0n) is 12.5. The van der Waals surface area contributed by atoms with Crippen LogP contribution in [0.25, 0.3) is 0 Å². The van der Waals surface area contributed by atoms with E-state index < -0.39 is 22.9 Å². The Labute approximate surface area is 126 Å². The van der Waals surface area contributed by atoms with Gasteiger partial charge >= 0.3 is 10.4 Å². The van der Waals surface area contributed by atoms with Crippen molar-refractivity contribution in [3.63, 3.8) is 0 Å². The third kappa shape index (κ3) is 17.0. The molecule has 0 unspecified atom stereocenters. The Morgan fingerprint density at radius 2 is 1.52 bits per heavy atom. The monoisotopic (exact) mass is 323 g/mol. The maximum atomic E-state index is 11.1. The Morgan fingerprint density at radius 1 is 1.00 bits per heavy atom. The first kappa shape index (κ1) is 20.0. The summed E-state index contributed by atoms with van der Waals surface area (Å²) < 4.78 is 32.7. The fourth-order valence-electron chi connectivity index (χ4n) is 1.79. The molecule has 0 atom stereocenters. The topological polar surface area (TPSA) is 110 Å². The summed E-state index contributed by atoms with van der Waals surface area (Å²) in [7, 11) is -4.56. The number of unbranched alkanes of at least 4 members (excludes halogenated alkanes) is 6. The lowest BCUT2D eigenvalue weighted by atomic mass is 10.1. The number of Topliss-reactive ketones (excluding diaryl/α,β-unsaturated/α-hetero) is 1. The quantitative estimate of drug-likeness (QED) is 0.394. The van der Waals surface area contributed by atoms with Gasteiger partial charge in [0.25, 0.3) is 0 Å². The third-order valence-corrected chi connectivity index (χ3v) is 3.28. The van der Waals surface area contributed by atoms with Crippen molar-refractivity contribution < 1.29 is 26.7 Å². The predicted molar refractivity (Wildman–Crippen MR) is 78.1 cm³/mol. The van der Waals surface area contributed by atoms with Crippen LogP contribution in [0, 0.1) is 0 Å². The number of amides is 1. The molecule has 124 valence electrons. The molecular formula is C13H25NO6S. The molecule has 0 rings (SSSR count). The highest BCUT2D eigenvalue weighted by Gasteiger charge is 2.08. The van der Waals surface area contributed by atoms with Gasteiger partial charge in [-0.2, -0.15) is 8.42 Å². The zero-order valence-corrected chi connectivity index (χ0v) is 13.3. The van der Waals surface area contributed by atoms with Crippen molar-refractivity contribution in [2.45, 2.75) is 58.3 Å². The van der Waals surface area contributed by atoms with Gasteiger partial charge in [0.2, 0.25) is 5.91 Å². The van der Waals surface area contributed by atoms with Gasteiger partial charge in [-0.1, -0.05) is 32.1 Å². The highest BCUT2D eigenvalue weighted by Crippen LogP contribution is 2.08. The maximum Gasteiger partial charge on any atom is 0.397 e. The number of nitrogens with one attached hydrogen (secondary N) is 1. The van der Waals surface area contributed by atoms with Gasteiger partial charge in [0.1, 0.15) is 12.4 Å². The smallest absolute Gasteiger partial charge is 0.354 e. The molecule has 8 heteroatoms. The first-order valence-electron chi connectivity index (χ1n) is 7.19. The van der Waals surface area contributed by atoms with Crippen LogP contribution in [0.3, 0.4) is 0 Å². The molecule has 21 heavy (non-hydrogen) atoms. The average Bonchev–Trinajstić information content (AvgIpc) is 2.37.